The van der Waals surface area contributed by atoms with Gasteiger partial charge in [-0.15, -0.1) is 0 Å². The van der Waals surface area contributed by atoms with E-state index in [4.69, 9.17) is 4.74 Å². The molecule has 0 amide bonds. The lowest BCUT2D eigenvalue weighted by atomic mass is 10.1. The van der Waals surface area contributed by atoms with E-state index in [1.54, 1.807) is 19.5 Å². The smallest absolute Gasteiger partial charge is 0.162 e. The fourth-order valence-corrected chi connectivity index (χ4v) is 2.72. The zero-order chi connectivity index (χ0) is 17.6. The molecule has 0 bridgehead atoms. The Morgan fingerprint density at radius 1 is 1.04 bits per heavy atom. The second-order valence-corrected chi connectivity index (χ2v) is 6.12. The van der Waals surface area contributed by atoms with Crippen LogP contribution in [0.5, 0.6) is 5.75 Å². The van der Waals surface area contributed by atoms with Crippen LogP contribution in [0.15, 0.2) is 60.9 Å². The second kappa shape index (κ2) is 7.90. The number of benzene rings is 2. The van der Waals surface area contributed by atoms with Crippen LogP contribution >= 0.6 is 0 Å². The maximum atomic E-state index is 5.46. The third-order valence-electron chi connectivity index (χ3n) is 4.26. The minimum absolute atomic E-state index is 0.277. The summed E-state index contributed by atoms with van der Waals surface area (Å²) in [6.45, 7) is 5.04. The van der Waals surface area contributed by atoms with Crippen LogP contribution in [-0.2, 0) is 6.54 Å². The molecule has 128 valence electrons. The lowest BCUT2D eigenvalue weighted by Crippen LogP contribution is -2.18. The molecule has 0 saturated carbocycles. The highest BCUT2D eigenvalue weighted by molar-refractivity contribution is 5.64. The van der Waals surface area contributed by atoms with Crippen molar-refractivity contribution in [3.63, 3.8) is 0 Å². The number of nitrogens with one attached hydrogen (secondary N) is 1. The predicted octanol–water partition coefficient (Wildman–Crippen LogP) is 4.31. The monoisotopic (exact) mass is 333 g/mol. The number of hydrogen-bond donors (Lipinski definition) is 1. The summed E-state index contributed by atoms with van der Waals surface area (Å²) >= 11 is 0. The maximum Gasteiger partial charge on any atom is 0.162 e. The van der Waals surface area contributed by atoms with E-state index < -0.39 is 0 Å². The van der Waals surface area contributed by atoms with Crippen molar-refractivity contribution in [2.75, 3.05) is 7.11 Å². The standard InChI is InChI=1S/C21H23N3O/c1-15-5-8-18(9-6-15)16(2)24-14-17-7-10-20(25-3)19(13-17)21-22-11-4-12-23-21/h4-13,16,24H,14H2,1-3H3/t16-/m1/s1. The third kappa shape index (κ3) is 4.22. The Labute approximate surface area is 148 Å². The molecule has 0 fully saturated rings. The van der Waals surface area contributed by atoms with Crippen LogP contribution in [0, 0.1) is 6.92 Å². The number of aromatic nitrogens is 2. The van der Waals surface area contributed by atoms with Crippen LogP contribution in [0.1, 0.15) is 29.7 Å². The number of nitrogens with zero attached hydrogens (tertiary/aromatic N) is 2. The van der Waals surface area contributed by atoms with E-state index in [0.29, 0.717) is 5.82 Å². The first-order valence-corrected chi connectivity index (χ1v) is 8.41. The topological polar surface area (TPSA) is 47.0 Å². The molecular formula is C21H23N3O. The average Bonchev–Trinajstić information content (AvgIpc) is 2.67. The molecule has 1 N–H and O–H groups in total. The van der Waals surface area contributed by atoms with E-state index in [0.717, 1.165) is 17.9 Å². The molecule has 0 aliphatic carbocycles. The molecule has 0 spiro atoms. The van der Waals surface area contributed by atoms with E-state index in [-0.39, 0.29) is 6.04 Å². The van der Waals surface area contributed by atoms with Gasteiger partial charge in [-0.2, -0.15) is 0 Å². The summed E-state index contributed by atoms with van der Waals surface area (Å²) in [5.74, 6) is 1.45. The zero-order valence-electron chi connectivity index (χ0n) is 14.9. The molecule has 4 heteroatoms. The van der Waals surface area contributed by atoms with Crippen molar-refractivity contribution in [1.82, 2.24) is 15.3 Å². The molecule has 0 unspecified atom stereocenters. The molecule has 25 heavy (non-hydrogen) atoms. The highest BCUT2D eigenvalue weighted by Gasteiger charge is 2.10. The van der Waals surface area contributed by atoms with Gasteiger partial charge in [0.15, 0.2) is 5.82 Å². The van der Waals surface area contributed by atoms with Crippen molar-refractivity contribution >= 4 is 0 Å². The van der Waals surface area contributed by atoms with Crippen LogP contribution < -0.4 is 10.1 Å². The Balaban J connectivity index is 1.76. The Bertz CT molecular complexity index is 816. The molecule has 0 saturated heterocycles. The van der Waals surface area contributed by atoms with Crippen molar-refractivity contribution in [3.05, 3.63) is 77.6 Å². The summed E-state index contributed by atoms with van der Waals surface area (Å²) in [4.78, 5) is 8.68. The molecule has 1 aromatic heterocycles. The van der Waals surface area contributed by atoms with Gasteiger partial charge in [0.05, 0.1) is 12.7 Å². The summed E-state index contributed by atoms with van der Waals surface area (Å²) in [6.07, 6.45) is 3.48. The normalized spacial score (nSPS) is 12.0. The number of ether oxygens (including phenoxy) is 1. The first-order chi connectivity index (χ1) is 12.2. The highest BCUT2D eigenvalue weighted by atomic mass is 16.5. The van der Waals surface area contributed by atoms with Gasteiger partial charge < -0.3 is 10.1 Å². The largest absolute Gasteiger partial charge is 0.496 e. The van der Waals surface area contributed by atoms with Crippen molar-refractivity contribution in [2.45, 2.75) is 26.4 Å². The van der Waals surface area contributed by atoms with E-state index in [1.165, 1.54) is 16.7 Å². The maximum absolute atomic E-state index is 5.46. The van der Waals surface area contributed by atoms with Gasteiger partial charge in [-0.25, -0.2) is 9.97 Å². The molecule has 3 rings (SSSR count). The highest BCUT2D eigenvalue weighted by Crippen LogP contribution is 2.28. The molecule has 0 aliphatic rings. The molecule has 1 atom stereocenters. The van der Waals surface area contributed by atoms with Gasteiger partial charge in [0.25, 0.3) is 0 Å². The molecular weight excluding hydrogens is 310 g/mol. The molecule has 1 heterocycles. The fraction of sp³-hybridized carbons (Fsp3) is 0.238. The predicted molar refractivity (Wildman–Crippen MR) is 100 cm³/mol. The average molecular weight is 333 g/mol. The lowest BCUT2D eigenvalue weighted by Gasteiger charge is -2.16. The summed E-state index contributed by atoms with van der Waals surface area (Å²) in [7, 11) is 1.67. The minimum atomic E-state index is 0.277. The van der Waals surface area contributed by atoms with Crippen molar-refractivity contribution in [1.29, 1.82) is 0 Å². The van der Waals surface area contributed by atoms with Gasteiger partial charge in [-0.1, -0.05) is 35.9 Å². The van der Waals surface area contributed by atoms with E-state index in [1.807, 2.05) is 12.1 Å². The van der Waals surface area contributed by atoms with Crippen LogP contribution in [0.3, 0.4) is 0 Å². The molecule has 4 nitrogen and oxygen atoms in total. The molecule has 0 radical (unpaired) electrons. The quantitative estimate of drug-likeness (QED) is 0.730. The van der Waals surface area contributed by atoms with Crippen molar-refractivity contribution < 1.29 is 4.74 Å². The van der Waals surface area contributed by atoms with Gasteiger partial charge >= 0.3 is 0 Å². The van der Waals surface area contributed by atoms with Crippen LogP contribution in [0.25, 0.3) is 11.4 Å². The first-order valence-electron chi connectivity index (χ1n) is 8.41. The number of aryl methyl sites for hydroxylation is 1. The number of rotatable bonds is 6. The lowest BCUT2D eigenvalue weighted by molar-refractivity contribution is 0.416. The third-order valence-corrected chi connectivity index (χ3v) is 4.26. The van der Waals surface area contributed by atoms with Gasteiger partial charge in [0.1, 0.15) is 5.75 Å². The van der Waals surface area contributed by atoms with E-state index in [9.17, 15) is 0 Å². The van der Waals surface area contributed by atoms with Crippen LogP contribution in [0.4, 0.5) is 0 Å². The van der Waals surface area contributed by atoms with Crippen LogP contribution in [-0.4, -0.2) is 17.1 Å². The molecule has 2 aromatic carbocycles. The summed E-state index contributed by atoms with van der Waals surface area (Å²) in [5, 5.41) is 3.57. The Hall–Kier alpha value is -2.72. The van der Waals surface area contributed by atoms with E-state index >= 15 is 0 Å². The zero-order valence-corrected chi connectivity index (χ0v) is 14.9. The number of methoxy groups -OCH3 is 1. The second-order valence-electron chi connectivity index (χ2n) is 6.12. The van der Waals surface area contributed by atoms with Gasteiger partial charge in [0.2, 0.25) is 0 Å². The van der Waals surface area contributed by atoms with Gasteiger partial charge in [-0.05, 0) is 43.2 Å². The van der Waals surface area contributed by atoms with Crippen molar-refractivity contribution in [2.24, 2.45) is 0 Å². The van der Waals surface area contributed by atoms with Crippen LogP contribution in [0.2, 0.25) is 0 Å². The Morgan fingerprint density at radius 3 is 2.44 bits per heavy atom. The fourth-order valence-electron chi connectivity index (χ4n) is 2.72. The first kappa shape index (κ1) is 17.1. The SMILES string of the molecule is COc1ccc(CN[C@H](C)c2ccc(C)cc2)cc1-c1ncccn1. The van der Waals surface area contributed by atoms with E-state index in [2.05, 4.69) is 65.5 Å². The number of hydrogen-bond acceptors (Lipinski definition) is 4. The Morgan fingerprint density at radius 2 is 1.76 bits per heavy atom. The summed E-state index contributed by atoms with van der Waals surface area (Å²) in [5.41, 5.74) is 4.64. The summed E-state index contributed by atoms with van der Waals surface area (Å²) < 4.78 is 5.46. The van der Waals surface area contributed by atoms with Gasteiger partial charge in [-0.3, -0.25) is 0 Å². The molecule has 3 aromatic rings. The van der Waals surface area contributed by atoms with Crippen molar-refractivity contribution in [3.8, 4) is 17.1 Å². The van der Waals surface area contributed by atoms with Gasteiger partial charge in [0, 0.05) is 25.0 Å². The minimum Gasteiger partial charge on any atom is -0.496 e. The summed E-state index contributed by atoms with van der Waals surface area (Å²) in [6, 6.07) is 16.8. The Kier molecular flexibility index (Phi) is 5.41. The molecule has 0 aliphatic heterocycles.